The standard InChI is InChI=1S/C56H101N3O5/c1-6-8-10-12-14-22-26-30-34-51(33-29-25-13-11-9-7-2)48-59(54(60)35-31-27-23-20-18-16-15-17-19-21-24-28-32-36-55(61)64-5)53(47-50-42-45-58(3)46-43-50)56(62)57-44-41-49-37-39-52(63-4)40-38-49/h37-40,50-51,53H,6-36,41-48H2,1-5H3,(H,57,62). The summed E-state index contributed by atoms with van der Waals surface area (Å²) in [5.74, 6) is 1.89. The molecular formula is C56H101N3O5. The number of nitrogens with zero attached hydrogens (tertiary/aromatic N) is 2. The molecule has 1 heterocycles. The first-order valence-corrected chi connectivity index (χ1v) is 27.3. The molecule has 2 rings (SSSR count). The van der Waals surface area contributed by atoms with E-state index in [2.05, 4.69) is 48.1 Å². The van der Waals surface area contributed by atoms with Crippen molar-refractivity contribution in [3.05, 3.63) is 29.8 Å². The Kier molecular flexibility index (Phi) is 35.5. The van der Waals surface area contributed by atoms with Gasteiger partial charge >= 0.3 is 5.97 Å². The number of hydrogen-bond donors (Lipinski definition) is 1. The molecule has 0 spiro atoms. The minimum Gasteiger partial charge on any atom is -0.497 e. The van der Waals surface area contributed by atoms with E-state index in [0.717, 1.165) is 89.6 Å². The van der Waals surface area contributed by atoms with Crippen LogP contribution in [0.5, 0.6) is 5.75 Å². The lowest BCUT2D eigenvalue weighted by atomic mass is 9.88. The van der Waals surface area contributed by atoms with Gasteiger partial charge in [-0.25, -0.2) is 0 Å². The minimum absolute atomic E-state index is 0.0461. The highest BCUT2D eigenvalue weighted by molar-refractivity contribution is 5.87. The van der Waals surface area contributed by atoms with Crippen LogP contribution in [-0.4, -0.2) is 81.1 Å². The molecule has 0 saturated carbocycles. The van der Waals surface area contributed by atoms with Gasteiger partial charge in [0.2, 0.25) is 11.8 Å². The predicted molar refractivity (Wildman–Crippen MR) is 270 cm³/mol. The normalized spacial score (nSPS) is 14.3. The van der Waals surface area contributed by atoms with Crippen LogP contribution in [0, 0.1) is 11.8 Å². The Balaban J connectivity index is 2.09. The maximum absolute atomic E-state index is 14.7. The molecule has 2 atom stereocenters. The number of carbonyl (C=O) groups is 3. The average molecular weight is 896 g/mol. The Morgan fingerprint density at radius 1 is 0.641 bits per heavy atom. The maximum atomic E-state index is 14.7. The van der Waals surface area contributed by atoms with E-state index in [9.17, 15) is 14.4 Å². The van der Waals surface area contributed by atoms with Crippen molar-refractivity contribution < 1.29 is 23.9 Å². The molecule has 1 aromatic carbocycles. The number of likely N-dealkylation sites (tertiary alicyclic amines) is 1. The van der Waals surface area contributed by atoms with E-state index in [-0.39, 0.29) is 17.8 Å². The number of hydrogen-bond acceptors (Lipinski definition) is 6. The smallest absolute Gasteiger partial charge is 0.305 e. The molecule has 1 aromatic rings. The molecule has 8 heteroatoms. The molecule has 0 aromatic heterocycles. The van der Waals surface area contributed by atoms with Crippen molar-refractivity contribution >= 4 is 17.8 Å². The number of amides is 2. The molecule has 0 radical (unpaired) electrons. The molecule has 0 aliphatic carbocycles. The van der Waals surface area contributed by atoms with Gasteiger partial charge in [0.05, 0.1) is 14.2 Å². The molecule has 1 N–H and O–H groups in total. The molecule has 1 aliphatic rings. The lowest BCUT2D eigenvalue weighted by Gasteiger charge is -2.38. The molecule has 2 amide bonds. The Morgan fingerprint density at radius 2 is 1.09 bits per heavy atom. The summed E-state index contributed by atoms with van der Waals surface area (Å²) in [5, 5.41) is 3.36. The number of rotatable bonds is 42. The maximum Gasteiger partial charge on any atom is 0.305 e. The number of methoxy groups -OCH3 is 2. The molecular weight excluding hydrogens is 795 g/mol. The lowest BCUT2D eigenvalue weighted by Crippen LogP contribution is -2.52. The number of benzene rings is 1. The van der Waals surface area contributed by atoms with Crippen LogP contribution in [-0.2, 0) is 25.5 Å². The second kappa shape index (κ2) is 39.5. The van der Waals surface area contributed by atoms with Gasteiger partial charge < -0.3 is 24.6 Å². The summed E-state index contributed by atoms with van der Waals surface area (Å²) in [6, 6.07) is 7.72. The highest BCUT2D eigenvalue weighted by Crippen LogP contribution is 2.28. The van der Waals surface area contributed by atoms with Gasteiger partial charge in [-0.1, -0.05) is 187 Å². The number of unbranched alkanes of at least 4 members (excludes halogenated alkanes) is 24. The second-order valence-corrected chi connectivity index (χ2v) is 19.8. The van der Waals surface area contributed by atoms with E-state index in [1.165, 1.54) is 160 Å². The van der Waals surface area contributed by atoms with Gasteiger partial charge in [0, 0.05) is 25.9 Å². The van der Waals surface area contributed by atoms with Crippen LogP contribution in [0.1, 0.15) is 238 Å². The Morgan fingerprint density at radius 3 is 1.56 bits per heavy atom. The van der Waals surface area contributed by atoms with Gasteiger partial charge in [0.25, 0.3) is 0 Å². The number of nitrogens with one attached hydrogen (secondary N) is 1. The van der Waals surface area contributed by atoms with Crippen LogP contribution < -0.4 is 10.1 Å². The SMILES string of the molecule is CCCCCCCCCCC(CCCCCCCC)CN(C(=O)CCCCCCCCCCCCCCCC(=O)OC)C(CC1CCN(C)CC1)C(=O)NCCc1ccc(OC)cc1. The fourth-order valence-corrected chi connectivity index (χ4v) is 9.75. The number of ether oxygens (including phenoxy) is 2. The van der Waals surface area contributed by atoms with Gasteiger partial charge in [0.1, 0.15) is 11.8 Å². The summed E-state index contributed by atoms with van der Waals surface area (Å²) < 4.78 is 10.1. The van der Waals surface area contributed by atoms with Crippen molar-refractivity contribution in [2.24, 2.45) is 11.8 Å². The molecule has 1 fully saturated rings. The van der Waals surface area contributed by atoms with Crippen LogP contribution in [0.25, 0.3) is 0 Å². The van der Waals surface area contributed by atoms with E-state index in [1.54, 1.807) is 7.11 Å². The predicted octanol–water partition coefficient (Wildman–Crippen LogP) is 14.2. The largest absolute Gasteiger partial charge is 0.497 e. The van der Waals surface area contributed by atoms with Crippen LogP contribution in [0.3, 0.4) is 0 Å². The van der Waals surface area contributed by atoms with Crippen molar-refractivity contribution in [1.82, 2.24) is 15.1 Å². The van der Waals surface area contributed by atoms with Gasteiger partial charge in [-0.3, -0.25) is 14.4 Å². The van der Waals surface area contributed by atoms with Crippen molar-refractivity contribution in [2.75, 3.05) is 47.4 Å². The van der Waals surface area contributed by atoms with E-state index in [4.69, 9.17) is 9.47 Å². The third-order valence-electron chi connectivity index (χ3n) is 14.2. The lowest BCUT2D eigenvalue weighted by molar-refractivity contribution is -0.142. The molecule has 1 saturated heterocycles. The Bertz CT molecular complexity index is 1270. The summed E-state index contributed by atoms with van der Waals surface area (Å²) in [7, 11) is 5.36. The molecule has 1 aliphatic heterocycles. The fraction of sp³-hybridized carbons (Fsp3) is 0.839. The summed E-state index contributed by atoms with van der Waals surface area (Å²) in [6.45, 7) is 7.98. The summed E-state index contributed by atoms with van der Waals surface area (Å²) >= 11 is 0. The first-order chi connectivity index (χ1) is 31.3. The molecule has 2 unspecified atom stereocenters. The zero-order valence-corrected chi connectivity index (χ0v) is 42.6. The highest BCUT2D eigenvalue weighted by atomic mass is 16.5. The first kappa shape index (κ1) is 57.5. The van der Waals surface area contributed by atoms with Gasteiger partial charge in [-0.15, -0.1) is 0 Å². The van der Waals surface area contributed by atoms with Crippen molar-refractivity contribution in [3.63, 3.8) is 0 Å². The second-order valence-electron chi connectivity index (χ2n) is 19.8. The monoisotopic (exact) mass is 896 g/mol. The summed E-state index contributed by atoms with van der Waals surface area (Å²) in [4.78, 5) is 45.1. The average Bonchev–Trinajstić information content (AvgIpc) is 3.31. The third-order valence-corrected chi connectivity index (χ3v) is 14.2. The molecule has 370 valence electrons. The van der Waals surface area contributed by atoms with Gasteiger partial charge in [0.15, 0.2) is 0 Å². The molecule has 8 nitrogen and oxygen atoms in total. The molecule has 64 heavy (non-hydrogen) atoms. The van der Waals surface area contributed by atoms with E-state index in [0.29, 0.717) is 31.2 Å². The van der Waals surface area contributed by atoms with Crippen LogP contribution >= 0.6 is 0 Å². The van der Waals surface area contributed by atoms with Crippen LogP contribution in [0.2, 0.25) is 0 Å². The zero-order valence-electron chi connectivity index (χ0n) is 42.6. The topological polar surface area (TPSA) is 88.2 Å². The summed E-state index contributed by atoms with van der Waals surface area (Å²) in [6.07, 6.45) is 40.7. The number of carbonyl (C=O) groups excluding carboxylic acids is 3. The van der Waals surface area contributed by atoms with Crippen LogP contribution in [0.15, 0.2) is 24.3 Å². The van der Waals surface area contributed by atoms with E-state index >= 15 is 0 Å². The minimum atomic E-state index is -0.415. The van der Waals surface area contributed by atoms with E-state index in [1.807, 2.05) is 12.1 Å². The van der Waals surface area contributed by atoms with Crippen molar-refractivity contribution in [2.45, 2.75) is 245 Å². The Labute approximate surface area is 394 Å². The zero-order chi connectivity index (χ0) is 46.3. The van der Waals surface area contributed by atoms with Crippen molar-refractivity contribution in [1.29, 1.82) is 0 Å². The summed E-state index contributed by atoms with van der Waals surface area (Å²) in [5.41, 5.74) is 1.17. The van der Waals surface area contributed by atoms with Gasteiger partial charge in [-0.05, 0) is 101 Å². The first-order valence-electron chi connectivity index (χ1n) is 27.3. The number of piperidine rings is 1. The highest BCUT2D eigenvalue weighted by Gasteiger charge is 2.34. The van der Waals surface area contributed by atoms with Crippen molar-refractivity contribution in [3.8, 4) is 5.75 Å². The van der Waals surface area contributed by atoms with E-state index < -0.39 is 6.04 Å². The number of esters is 1. The third kappa shape index (κ3) is 29.1. The molecule has 0 bridgehead atoms. The quantitative estimate of drug-likeness (QED) is 0.0519. The fourth-order valence-electron chi connectivity index (χ4n) is 9.75. The van der Waals surface area contributed by atoms with Gasteiger partial charge in [-0.2, -0.15) is 0 Å². The Hall–Kier alpha value is -2.61. The van der Waals surface area contributed by atoms with Crippen LogP contribution in [0.4, 0.5) is 0 Å².